The monoisotopic (exact) mass is 291 g/mol. The van der Waals surface area contributed by atoms with Crippen LogP contribution in [-0.2, 0) is 11.3 Å². The maximum atomic E-state index is 11.8. The van der Waals surface area contributed by atoms with E-state index in [1.807, 2.05) is 0 Å². The van der Waals surface area contributed by atoms with E-state index in [4.69, 9.17) is 5.11 Å². The molecule has 1 aromatic rings. The molecule has 1 fully saturated rings. The molecule has 0 aliphatic carbocycles. The summed E-state index contributed by atoms with van der Waals surface area (Å²) in [4.78, 5) is 26.3. The van der Waals surface area contributed by atoms with E-state index in [0.717, 1.165) is 24.9 Å². The molecule has 0 aromatic carbocycles. The largest absolute Gasteiger partial charge is 0.477 e. The number of nitrogens with one attached hydrogen (secondary N) is 2. The number of pyridine rings is 1. The van der Waals surface area contributed by atoms with E-state index < -0.39 is 5.97 Å². The summed E-state index contributed by atoms with van der Waals surface area (Å²) in [6.07, 6.45) is 6.46. The van der Waals surface area contributed by atoms with Gasteiger partial charge in [0.15, 0.2) is 0 Å². The van der Waals surface area contributed by atoms with Gasteiger partial charge < -0.3 is 15.7 Å². The summed E-state index contributed by atoms with van der Waals surface area (Å²) in [7, 11) is 0. The highest BCUT2D eigenvalue weighted by Crippen LogP contribution is 2.11. The number of aromatic nitrogens is 1. The third-order valence-electron chi connectivity index (χ3n) is 3.67. The van der Waals surface area contributed by atoms with Crippen LogP contribution in [0, 0.1) is 0 Å². The molecular formula is C15H21N3O3. The van der Waals surface area contributed by atoms with Gasteiger partial charge in [0.05, 0.1) is 0 Å². The van der Waals surface area contributed by atoms with Gasteiger partial charge in [-0.15, -0.1) is 0 Å². The average molecular weight is 291 g/mol. The molecular weight excluding hydrogens is 270 g/mol. The fraction of sp³-hybridized carbons (Fsp3) is 0.533. The summed E-state index contributed by atoms with van der Waals surface area (Å²) in [6, 6.07) is 3.57. The van der Waals surface area contributed by atoms with Gasteiger partial charge in [-0.1, -0.05) is 12.5 Å². The van der Waals surface area contributed by atoms with E-state index in [1.165, 1.54) is 25.1 Å². The lowest BCUT2D eigenvalue weighted by atomic mass is 10.0. The molecule has 1 aliphatic heterocycles. The summed E-state index contributed by atoms with van der Waals surface area (Å²) >= 11 is 0. The molecule has 6 heteroatoms. The molecule has 1 saturated heterocycles. The third-order valence-corrected chi connectivity index (χ3v) is 3.67. The SMILES string of the molecule is O=C(CCC1CCCCN1)NCc1ccc(C(=O)O)nc1. The van der Waals surface area contributed by atoms with Crippen LogP contribution in [0.15, 0.2) is 18.3 Å². The molecule has 21 heavy (non-hydrogen) atoms. The summed E-state index contributed by atoms with van der Waals surface area (Å²) in [5.41, 5.74) is 0.803. The molecule has 0 saturated carbocycles. The summed E-state index contributed by atoms with van der Waals surface area (Å²) in [5.74, 6) is -1.03. The van der Waals surface area contributed by atoms with Crippen molar-refractivity contribution in [1.82, 2.24) is 15.6 Å². The second-order valence-electron chi connectivity index (χ2n) is 5.32. The number of carboxylic acid groups (broad SMARTS) is 1. The van der Waals surface area contributed by atoms with Gasteiger partial charge in [0.2, 0.25) is 5.91 Å². The predicted molar refractivity (Wildman–Crippen MR) is 77.9 cm³/mol. The molecule has 2 rings (SSSR count). The highest BCUT2D eigenvalue weighted by molar-refractivity contribution is 5.85. The molecule has 114 valence electrons. The Balaban J connectivity index is 1.69. The predicted octanol–water partition coefficient (Wildman–Crippen LogP) is 1.32. The van der Waals surface area contributed by atoms with Crippen molar-refractivity contribution in [3.05, 3.63) is 29.6 Å². The van der Waals surface area contributed by atoms with Gasteiger partial charge in [-0.25, -0.2) is 9.78 Å². The molecule has 1 aromatic heterocycles. The second-order valence-corrected chi connectivity index (χ2v) is 5.32. The number of carboxylic acids is 1. The van der Waals surface area contributed by atoms with Gasteiger partial charge in [-0.2, -0.15) is 0 Å². The van der Waals surface area contributed by atoms with Gasteiger partial charge in [-0.05, 0) is 37.4 Å². The van der Waals surface area contributed by atoms with E-state index in [-0.39, 0.29) is 11.6 Å². The van der Waals surface area contributed by atoms with Crippen LogP contribution in [0.25, 0.3) is 0 Å². The van der Waals surface area contributed by atoms with Crippen LogP contribution in [0.5, 0.6) is 0 Å². The quantitative estimate of drug-likeness (QED) is 0.735. The fourth-order valence-electron chi connectivity index (χ4n) is 2.42. The lowest BCUT2D eigenvalue weighted by Crippen LogP contribution is -2.35. The molecule has 0 radical (unpaired) electrons. The maximum Gasteiger partial charge on any atom is 0.354 e. The molecule has 2 heterocycles. The number of nitrogens with zero attached hydrogens (tertiary/aromatic N) is 1. The van der Waals surface area contributed by atoms with E-state index >= 15 is 0 Å². The van der Waals surface area contributed by atoms with Crippen molar-refractivity contribution >= 4 is 11.9 Å². The first kappa shape index (κ1) is 15.4. The summed E-state index contributed by atoms with van der Waals surface area (Å²) < 4.78 is 0. The van der Waals surface area contributed by atoms with Crippen LogP contribution >= 0.6 is 0 Å². The van der Waals surface area contributed by atoms with Gasteiger partial charge in [0, 0.05) is 25.2 Å². The Labute approximate surface area is 124 Å². The minimum atomic E-state index is -1.05. The Kier molecular flexibility index (Phi) is 5.68. The first-order valence-corrected chi connectivity index (χ1v) is 7.33. The molecule has 3 N–H and O–H groups in total. The van der Waals surface area contributed by atoms with Crippen LogP contribution in [-0.4, -0.2) is 34.6 Å². The van der Waals surface area contributed by atoms with E-state index in [9.17, 15) is 9.59 Å². The van der Waals surface area contributed by atoms with Crippen LogP contribution in [0.3, 0.4) is 0 Å². The van der Waals surface area contributed by atoms with Crippen LogP contribution in [0.4, 0.5) is 0 Å². The lowest BCUT2D eigenvalue weighted by molar-refractivity contribution is -0.121. The van der Waals surface area contributed by atoms with E-state index in [2.05, 4.69) is 15.6 Å². The van der Waals surface area contributed by atoms with Crippen molar-refractivity contribution in [3.8, 4) is 0 Å². The number of hydrogen-bond acceptors (Lipinski definition) is 4. The average Bonchev–Trinajstić information content (AvgIpc) is 2.52. The normalized spacial score (nSPS) is 18.2. The standard InChI is InChI=1S/C15H21N3O3/c19-14(7-5-12-3-1-2-8-16-12)18-10-11-4-6-13(15(20)21)17-9-11/h4,6,9,12,16H,1-3,5,7-8,10H2,(H,18,19)(H,20,21). The minimum absolute atomic E-state index is 0.00782. The van der Waals surface area contributed by atoms with Crippen LogP contribution in [0.2, 0.25) is 0 Å². The van der Waals surface area contributed by atoms with Gasteiger partial charge in [0.25, 0.3) is 0 Å². The first-order chi connectivity index (χ1) is 10.1. The smallest absolute Gasteiger partial charge is 0.354 e. The number of hydrogen-bond donors (Lipinski definition) is 3. The summed E-state index contributed by atoms with van der Waals surface area (Å²) in [6.45, 7) is 1.43. The third kappa shape index (κ3) is 5.15. The van der Waals surface area contributed by atoms with Crippen LogP contribution < -0.4 is 10.6 Å². The zero-order valence-electron chi connectivity index (χ0n) is 12.0. The lowest BCUT2D eigenvalue weighted by Gasteiger charge is -2.23. The number of carbonyl (C=O) groups is 2. The molecule has 6 nitrogen and oxygen atoms in total. The van der Waals surface area contributed by atoms with Gasteiger partial charge >= 0.3 is 5.97 Å². The van der Waals surface area contributed by atoms with Crippen molar-refractivity contribution in [2.75, 3.05) is 6.54 Å². The van der Waals surface area contributed by atoms with Gasteiger partial charge in [-0.3, -0.25) is 4.79 Å². The van der Waals surface area contributed by atoms with Crippen molar-refractivity contribution in [3.63, 3.8) is 0 Å². The topological polar surface area (TPSA) is 91.3 Å². The Morgan fingerprint density at radius 1 is 1.38 bits per heavy atom. The number of carbonyl (C=O) groups excluding carboxylic acids is 1. The highest BCUT2D eigenvalue weighted by Gasteiger charge is 2.13. The number of piperidine rings is 1. The van der Waals surface area contributed by atoms with Crippen molar-refractivity contribution < 1.29 is 14.7 Å². The molecule has 1 aliphatic rings. The highest BCUT2D eigenvalue weighted by atomic mass is 16.4. The molecule has 1 atom stereocenters. The minimum Gasteiger partial charge on any atom is -0.477 e. The van der Waals surface area contributed by atoms with E-state index in [1.54, 1.807) is 6.07 Å². The Bertz CT molecular complexity index is 481. The number of aromatic carboxylic acids is 1. The van der Waals surface area contributed by atoms with Crippen LogP contribution in [0.1, 0.15) is 48.2 Å². The van der Waals surface area contributed by atoms with Crippen molar-refractivity contribution in [2.24, 2.45) is 0 Å². The first-order valence-electron chi connectivity index (χ1n) is 7.33. The van der Waals surface area contributed by atoms with Gasteiger partial charge in [0.1, 0.15) is 5.69 Å². The number of rotatable bonds is 6. The summed E-state index contributed by atoms with van der Waals surface area (Å²) in [5, 5.41) is 15.0. The van der Waals surface area contributed by atoms with E-state index in [0.29, 0.717) is 19.0 Å². The second kappa shape index (κ2) is 7.73. The Morgan fingerprint density at radius 3 is 2.86 bits per heavy atom. The maximum absolute atomic E-state index is 11.8. The molecule has 0 bridgehead atoms. The Morgan fingerprint density at radius 2 is 2.24 bits per heavy atom. The van der Waals surface area contributed by atoms with Crippen molar-refractivity contribution in [1.29, 1.82) is 0 Å². The Hall–Kier alpha value is -1.95. The number of amides is 1. The fourth-order valence-corrected chi connectivity index (χ4v) is 2.42. The molecule has 1 unspecified atom stereocenters. The zero-order chi connectivity index (χ0) is 15.1. The van der Waals surface area contributed by atoms with Crippen molar-refractivity contribution in [2.45, 2.75) is 44.7 Å². The zero-order valence-corrected chi connectivity index (χ0v) is 12.0. The molecule has 1 amide bonds. The molecule has 0 spiro atoms.